The number of para-hydroxylation sites is 1. The minimum Gasteiger partial charge on any atom is -0.451 e. The van der Waals surface area contributed by atoms with Gasteiger partial charge >= 0.3 is 0 Å². The third-order valence-electron chi connectivity index (χ3n) is 2.23. The highest BCUT2D eigenvalue weighted by molar-refractivity contribution is 5.35. The molecule has 1 N–H and O–H groups in total. The first-order valence-electron chi connectivity index (χ1n) is 5.02. The SMILES string of the molecule is OCc1ccc(F)c(Oc2ccccc2F)c1. The fourth-order valence-corrected chi connectivity index (χ4v) is 1.37. The Morgan fingerprint density at radius 2 is 1.65 bits per heavy atom. The number of ether oxygens (including phenoxy) is 1. The van der Waals surface area contributed by atoms with Crippen LogP contribution in [0.2, 0.25) is 0 Å². The molecule has 2 aromatic rings. The maximum Gasteiger partial charge on any atom is 0.165 e. The second-order valence-electron chi connectivity index (χ2n) is 3.46. The van der Waals surface area contributed by atoms with Crippen molar-refractivity contribution in [2.24, 2.45) is 0 Å². The van der Waals surface area contributed by atoms with Crippen LogP contribution in [0.3, 0.4) is 0 Å². The van der Waals surface area contributed by atoms with Crippen LogP contribution < -0.4 is 4.74 Å². The van der Waals surface area contributed by atoms with Crippen LogP contribution in [0.4, 0.5) is 8.78 Å². The first-order valence-corrected chi connectivity index (χ1v) is 5.02. The second kappa shape index (κ2) is 4.93. The molecule has 4 heteroatoms. The summed E-state index contributed by atoms with van der Waals surface area (Å²) in [4.78, 5) is 0. The number of hydrogen-bond acceptors (Lipinski definition) is 2. The summed E-state index contributed by atoms with van der Waals surface area (Å²) < 4.78 is 31.8. The van der Waals surface area contributed by atoms with Gasteiger partial charge in [-0.3, -0.25) is 0 Å². The lowest BCUT2D eigenvalue weighted by Crippen LogP contribution is -1.93. The van der Waals surface area contributed by atoms with E-state index in [0.29, 0.717) is 5.56 Å². The van der Waals surface area contributed by atoms with E-state index in [2.05, 4.69) is 0 Å². The van der Waals surface area contributed by atoms with Gasteiger partial charge in [-0.2, -0.15) is 0 Å². The summed E-state index contributed by atoms with van der Waals surface area (Å²) >= 11 is 0. The molecule has 88 valence electrons. The topological polar surface area (TPSA) is 29.5 Å². The molecular weight excluding hydrogens is 226 g/mol. The molecule has 0 aliphatic heterocycles. The molecule has 17 heavy (non-hydrogen) atoms. The smallest absolute Gasteiger partial charge is 0.165 e. The molecule has 0 aliphatic rings. The van der Waals surface area contributed by atoms with Crippen LogP contribution in [0, 0.1) is 11.6 Å². The third-order valence-corrected chi connectivity index (χ3v) is 2.23. The van der Waals surface area contributed by atoms with E-state index >= 15 is 0 Å². The number of rotatable bonds is 3. The van der Waals surface area contributed by atoms with Gasteiger partial charge in [0.25, 0.3) is 0 Å². The summed E-state index contributed by atoms with van der Waals surface area (Å²) in [5, 5.41) is 8.92. The van der Waals surface area contributed by atoms with E-state index in [4.69, 9.17) is 9.84 Å². The molecule has 2 aromatic carbocycles. The average Bonchev–Trinajstić information content (AvgIpc) is 2.35. The standard InChI is InChI=1S/C13H10F2O2/c14-10-3-1-2-4-12(10)17-13-7-9(8-16)5-6-11(13)15/h1-7,16H,8H2. The molecule has 0 saturated carbocycles. The molecule has 0 fully saturated rings. The summed E-state index contributed by atoms with van der Waals surface area (Å²) in [7, 11) is 0. The van der Waals surface area contributed by atoms with Crippen LogP contribution in [-0.2, 0) is 6.61 Å². The Bertz CT molecular complexity index is 527. The van der Waals surface area contributed by atoms with E-state index in [1.54, 1.807) is 6.07 Å². The predicted molar refractivity (Wildman–Crippen MR) is 58.8 cm³/mol. The van der Waals surface area contributed by atoms with Gasteiger partial charge in [-0.15, -0.1) is 0 Å². The van der Waals surface area contributed by atoms with Crippen LogP contribution in [0.1, 0.15) is 5.56 Å². The van der Waals surface area contributed by atoms with Gasteiger partial charge in [0, 0.05) is 0 Å². The van der Waals surface area contributed by atoms with Gasteiger partial charge in [0.05, 0.1) is 6.61 Å². The number of aliphatic hydroxyl groups excluding tert-OH is 1. The zero-order valence-corrected chi connectivity index (χ0v) is 8.86. The molecule has 0 unspecified atom stereocenters. The summed E-state index contributed by atoms with van der Waals surface area (Å²) in [6.07, 6.45) is 0. The number of aliphatic hydroxyl groups is 1. The zero-order chi connectivity index (χ0) is 12.3. The number of halogens is 2. The van der Waals surface area contributed by atoms with Crippen molar-refractivity contribution in [2.75, 3.05) is 0 Å². The van der Waals surface area contributed by atoms with Gasteiger partial charge in [0.2, 0.25) is 0 Å². The lowest BCUT2D eigenvalue weighted by molar-refractivity contribution is 0.281. The predicted octanol–water partition coefficient (Wildman–Crippen LogP) is 3.25. The average molecular weight is 236 g/mol. The Morgan fingerprint density at radius 3 is 2.35 bits per heavy atom. The molecule has 0 spiro atoms. The Hall–Kier alpha value is -1.94. The fraction of sp³-hybridized carbons (Fsp3) is 0.0769. The van der Waals surface area contributed by atoms with E-state index in [1.165, 1.54) is 36.4 Å². The van der Waals surface area contributed by atoms with E-state index in [9.17, 15) is 8.78 Å². The van der Waals surface area contributed by atoms with Crippen molar-refractivity contribution in [1.29, 1.82) is 0 Å². The van der Waals surface area contributed by atoms with Crippen molar-refractivity contribution in [1.82, 2.24) is 0 Å². The van der Waals surface area contributed by atoms with Crippen LogP contribution >= 0.6 is 0 Å². The quantitative estimate of drug-likeness (QED) is 0.886. The van der Waals surface area contributed by atoms with Gasteiger partial charge in [0.15, 0.2) is 23.1 Å². The van der Waals surface area contributed by atoms with Crippen LogP contribution in [0.5, 0.6) is 11.5 Å². The molecule has 0 amide bonds. The maximum atomic E-state index is 13.4. The molecule has 0 aliphatic carbocycles. The van der Waals surface area contributed by atoms with E-state index in [0.717, 1.165) is 0 Å². The van der Waals surface area contributed by atoms with Crippen LogP contribution in [-0.4, -0.2) is 5.11 Å². The van der Waals surface area contributed by atoms with Crippen molar-refractivity contribution in [3.63, 3.8) is 0 Å². The van der Waals surface area contributed by atoms with E-state index in [-0.39, 0.29) is 18.1 Å². The highest BCUT2D eigenvalue weighted by Gasteiger charge is 2.08. The molecule has 0 heterocycles. The Kier molecular flexibility index (Phi) is 3.35. The fourth-order valence-electron chi connectivity index (χ4n) is 1.37. The molecule has 2 nitrogen and oxygen atoms in total. The minimum atomic E-state index is -0.606. The van der Waals surface area contributed by atoms with Gasteiger partial charge < -0.3 is 9.84 Å². The van der Waals surface area contributed by atoms with Crippen molar-refractivity contribution < 1.29 is 18.6 Å². The van der Waals surface area contributed by atoms with Gasteiger partial charge in [-0.25, -0.2) is 8.78 Å². The van der Waals surface area contributed by atoms with Crippen molar-refractivity contribution in [3.05, 3.63) is 59.7 Å². The largest absolute Gasteiger partial charge is 0.451 e. The van der Waals surface area contributed by atoms with Crippen molar-refractivity contribution in [3.8, 4) is 11.5 Å². The summed E-state index contributed by atoms with van der Waals surface area (Å²) in [5.41, 5.74) is 0.498. The lowest BCUT2D eigenvalue weighted by atomic mass is 10.2. The Labute approximate surface area is 97.1 Å². The van der Waals surface area contributed by atoms with Gasteiger partial charge in [-0.1, -0.05) is 18.2 Å². The third kappa shape index (κ3) is 2.60. The van der Waals surface area contributed by atoms with Crippen LogP contribution in [0.15, 0.2) is 42.5 Å². The second-order valence-corrected chi connectivity index (χ2v) is 3.46. The molecule has 0 aromatic heterocycles. The first kappa shape index (κ1) is 11.5. The zero-order valence-electron chi connectivity index (χ0n) is 8.86. The number of benzene rings is 2. The van der Waals surface area contributed by atoms with Crippen LogP contribution in [0.25, 0.3) is 0 Å². The lowest BCUT2D eigenvalue weighted by Gasteiger charge is -2.08. The number of hydrogen-bond donors (Lipinski definition) is 1. The monoisotopic (exact) mass is 236 g/mol. The molecule has 0 saturated heterocycles. The molecule has 0 atom stereocenters. The molecule has 0 radical (unpaired) electrons. The Morgan fingerprint density at radius 1 is 0.941 bits per heavy atom. The van der Waals surface area contributed by atoms with Gasteiger partial charge in [0.1, 0.15) is 0 Å². The normalized spacial score (nSPS) is 10.3. The van der Waals surface area contributed by atoms with Crippen molar-refractivity contribution >= 4 is 0 Å². The summed E-state index contributed by atoms with van der Waals surface area (Å²) in [5.74, 6) is -1.34. The maximum absolute atomic E-state index is 13.4. The van der Waals surface area contributed by atoms with Gasteiger partial charge in [-0.05, 0) is 29.8 Å². The highest BCUT2D eigenvalue weighted by Crippen LogP contribution is 2.27. The molecule has 0 bridgehead atoms. The first-order chi connectivity index (χ1) is 8.20. The summed E-state index contributed by atoms with van der Waals surface area (Å²) in [6.45, 7) is -0.228. The molecule has 2 rings (SSSR count). The highest BCUT2D eigenvalue weighted by atomic mass is 19.1. The molecular formula is C13H10F2O2. The van der Waals surface area contributed by atoms with Crippen molar-refractivity contribution in [2.45, 2.75) is 6.61 Å². The summed E-state index contributed by atoms with van der Waals surface area (Å²) in [6, 6.07) is 9.67. The Balaban J connectivity index is 2.32. The van der Waals surface area contributed by atoms with E-state index < -0.39 is 11.6 Å². The van der Waals surface area contributed by atoms with E-state index in [1.807, 2.05) is 0 Å². The minimum absolute atomic E-state index is 0.0542.